The fourth-order valence-corrected chi connectivity index (χ4v) is 3.24. The molecular weight excluding hydrogens is 270 g/mol. The highest BCUT2D eigenvalue weighted by molar-refractivity contribution is 5.55. The van der Waals surface area contributed by atoms with E-state index in [1.54, 1.807) is 18.5 Å². The van der Waals surface area contributed by atoms with Crippen molar-refractivity contribution in [2.75, 3.05) is 0 Å². The van der Waals surface area contributed by atoms with Crippen molar-refractivity contribution in [1.29, 1.82) is 0 Å². The molecule has 0 spiro atoms. The molecule has 110 valence electrons. The minimum Gasteiger partial charge on any atom is -0.508 e. The number of hydrogen-bond donors (Lipinski definition) is 1. The monoisotopic (exact) mass is 289 g/mol. The molecular formula is C20H19NO. The lowest BCUT2D eigenvalue weighted by atomic mass is 9.64. The van der Waals surface area contributed by atoms with E-state index in [-0.39, 0.29) is 5.92 Å². The van der Waals surface area contributed by atoms with Crippen molar-refractivity contribution < 1.29 is 5.11 Å². The van der Waals surface area contributed by atoms with Crippen LogP contribution in [0, 0.1) is 12.8 Å². The molecule has 0 saturated carbocycles. The van der Waals surface area contributed by atoms with Gasteiger partial charge in [-0.05, 0) is 30.7 Å². The molecule has 1 aromatic carbocycles. The van der Waals surface area contributed by atoms with Gasteiger partial charge in [0, 0.05) is 23.9 Å². The van der Waals surface area contributed by atoms with Crippen LogP contribution in [0.5, 0.6) is 5.75 Å². The third kappa shape index (κ3) is 2.17. The molecule has 0 amide bonds. The summed E-state index contributed by atoms with van der Waals surface area (Å²) in [4.78, 5) is 4.13. The lowest BCUT2D eigenvalue weighted by Crippen LogP contribution is -2.34. The van der Waals surface area contributed by atoms with Gasteiger partial charge >= 0.3 is 0 Å². The van der Waals surface area contributed by atoms with Crippen molar-refractivity contribution in [1.82, 2.24) is 4.98 Å². The molecule has 2 nitrogen and oxygen atoms in total. The van der Waals surface area contributed by atoms with Crippen LogP contribution in [0.2, 0.25) is 0 Å². The van der Waals surface area contributed by atoms with Crippen LogP contribution in [0.4, 0.5) is 0 Å². The Labute approximate surface area is 131 Å². The first-order valence-electron chi connectivity index (χ1n) is 7.37. The quantitative estimate of drug-likeness (QED) is 0.854. The lowest BCUT2D eigenvalue weighted by molar-refractivity contribution is 0.440. The molecule has 0 bridgehead atoms. The summed E-state index contributed by atoms with van der Waals surface area (Å²) in [7, 11) is 0. The average Bonchev–Trinajstić information content (AvgIpc) is 2.57. The number of phenolic OH excluding ortho intramolecular Hbond substituents is 1. The lowest BCUT2D eigenvalue weighted by Gasteiger charge is -2.39. The molecule has 0 radical (unpaired) electrons. The fourth-order valence-electron chi connectivity index (χ4n) is 3.24. The second-order valence-electron chi connectivity index (χ2n) is 5.63. The van der Waals surface area contributed by atoms with Gasteiger partial charge in [-0.2, -0.15) is 0 Å². The summed E-state index contributed by atoms with van der Waals surface area (Å²) in [6.07, 6.45) is 13.8. The van der Waals surface area contributed by atoms with Crippen molar-refractivity contribution in [2.45, 2.75) is 12.3 Å². The molecule has 2 aromatic rings. The van der Waals surface area contributed by atoms with Crippen LogP contribution in [0.15, 0.2) is 79.7 Å². The molecule has 1 heterocycles. The van der Waals surface area contributed by atoms with E-state index in [4.69, 9.17) is 0 Å². The highest BCUT2D eigenvalue weighted by Gasteiger charge is 2.40. The number of nitrogens with zero attached hydrogens (tertiary/aromatic N) is 1. The van der Waals surface area contributed by atoms with Gasteiger partial charge in [-0.15, -0.1) is 6.58 Å². The Morgan fingerprint density at radius 2 is 1.95 bits per heavy atom. The van der Waals surface area contributed by atoms with E-state index >= 15 is 0 Å². The number of phenols is 1. The largest absolute Gasteiger partial charge is 0.508 e. The van der Waals surface area contributed by atoms with Gasteiger partial charge < -0.3 is 5.11 Å². The molecule has 0 fully saturated rings. The van der Waals surface area contributed by atoms with Crippen LogP contribution in [-0.4, -0.2) is 10.1 Å². The Morgan fingerprint density at radius 1 is 1.18 bits per heavy atom. The maximum absolute atomic E-state index is 10.5. The predicted octanol–water partition coefficient (Wildman–Crippen LogP) is 4.31. The van der Waals surface area contributed by atoms with Gasteiger partial charge in [0.2, 0.25) is 0 Å². The normalized spacial score (nSPS) is 23.4. The summed E-state index contributed by atoms with van der Waals surface area (Å²) in [5.41, 5.74) is 2.64. The van der Waals surface area contributed by atoms with Crippen molar-refractivity contribution >= 4 is 0 Å². The molecule has 2 heteroatoms. The Morgan fingerprint density at radius 3 is 2.68 bits per heavy atom. The van der Waals surface area contributed by atoms with Crippen LogP contribution in [0.1, 0.15) is 16.7 Å². The smallest absolute Gasteiger partial charge is 0.120 e. The van der Waals surface area contributed by atoms with E-state index in [0.29, 0.717) is 5.75 Å². The molecule has 0 aliphatic heterocycles. The number of aromatic nitrogens is 1. The Balaban J connectivity index is 2.33. The molecule has 1 N–H and O–H groups in total. The maximum atomic E-state index is 10.5. The zero-order valence-corrected chi connectivity index (χ0v) is 12.6. The molecule has 1 aromatic heterocycles. The number of benzene rings is 1. The number of aryl methyl sites for hydroxylation is 1. The second kappa shape index (κ2) is 5.64. The van der Waals surface area contributed by atoms with E-state index < -0.39 is 5.41 Å². The summed E-state index contributed by atoms with van der Waals surface area (Å²) >= 11 is 0. The second-order valence-corrected chi connectivity index (χ2v) is 5.63. The van der Waals surface area contributed by atoms with Crippen LogP contribution in [-0.2, 0) is 5.41 Å². The standard InChI is InChI=1S/C20H19NO/c1-3-16-6-4-5-11-20(16,17-9-12-21-13-10-17)18-14-15(2)7-8-19(18)22/h3-14,16,22H,1H2,2H3. The maximum Gasteiger partial charge on any atom is 0.120 e. The van der Waals surface area contributed by atoms with Gasteiger partial charge in [0.1, 0.15) is 5.75 Å². The predicted molar refractivity (Wildman–Crippen MR) is 89.8 cm³/mol. The van der Waals surface area contributed by atoms with E-state index in [0.717, 1.165) is 16.7 Å². The number of pyridine rings is 1. The Bertz CT molecular complexity index is 746. The zero-order chi connectivity index (χ0) is 15.6. The summed E-state index contributed by atoms with van der Waals surface area (Å²) in [6.45, 7) is 6.04. The molecule has 1 aliphatic carbocycles. The highest BCUT2D eigenvalue weighted by atomic mass is 16.3. The summed E-state index contributed by atoms with van der Waals surface area (Å²) in [6, 6.07) is 9.74. The Kier molecular flexibility index (Phi) is 3.68. The molecule has 2 atom stereocenters. The minimum absolute atomic E-state index is 0.0626. The van der Waals surface area contributed by atoms with Crippen LogP contribution >= 0.6 is 0 Å². The van der Waals surface area contributed by atoms with Crippen LogP contribution < -0.4 is 0 Å². The van der Waals surface area contributed by atoms with Crippen molar-refractivity contribution in [3.8, 4) is 5.75 Å². The number of aromatic hydroxyl groups is 1. The number of allylic oxidation sites excluding steroid dienone is 5. The first-order chi connectivity index (χ1) is 10.7. The minimum atomic E-state index is -0.463. The molecule has 0 saturated heterocycles. The van der Waals surface area contributed by atoms with Gasteiger partial charge in [0.25, 0.3) is 0 Å². The number of hydrogen-bond acceptors (Lipinski definition) is 2. The van der Waals surface area contributed by atoms with E-state index in [1.807, 2.05) is 43.4 Å². The molecule has 3 rings (SSSR count). The first kappa shape index (κ1) is 14.3. The summed E-state index contributed by atoms with van der Waals surface area (Å²) in [5.74, 6) is 0.363. The van der Waals surface area contributed by atoms with Crippen molar-refractivity contribution in [3.05, 3.63) is 96.4 Å². The van der Waals surface area contributed by atoms with E-state index in [2.05, 4.69) is 29.8 Å². The first-order valence-corrected chi connectivity index (χ1v) is 7.37. The van der Waals surface area contributed by atoms with E-state index in [9.17, 15) is 5.11 Å². The third-order valence-corrected chi connectivity index (χ3v) is 4.32. The highest BCUT2D eigenvalue weighted by Crippen LogP contribution is 2.47. The van der Waals surface area contributed by atoms with Gasteiger partial charge in [-0.1, -0.05) is 48.1 Å². The van der Waals surface area contributed by atoms with Gasteiger partial charge in [-0.25, -0.2) is 0 Å². The van der Waals surface area contributed by atoms with Gasteiger partial charge in [0.05, 0.1) is 5.41 Å². The molecule has 2 unspecified atom stereocenters. The number of rotatable bonds is 3. The van der Waals surface area contributed by atoms with Crippen LogP contribution in [0.25, 0.3) is 0 Å². The fraction of sp³-hybridized carbons (Fsp3) is 0.150. The van der Waals surface area contributed by atoms with E-state index in [1.165, 1.54) is 0 Å². The topological polar surface area (TPSA) is 33.1 Å². The van der Waals surface area contributed by atoms with Gasteiger partial charge in [-0.3, -0.25) is 4.98 Å². The molecule has 22 heavy (non-hydrogen) atoms. The Hall–Kier alpha value is -2.61. The van der Waals surface area contributed by atoms with Crippen molar-refractivity contribution in [2.24, 2.45) is 5.92 Å². The summed E-state index contributed by atoms with van der Waals surface area (Å²) < 4.78 is 0. The average molecular weight is 289 g/mol. The van der Waals surface area contributed by atoms with Crippen LogP contribution in [0.3, 0.4) is 0 Å². The van der Waals surface area contributed by atoms with Crippen molar-refractivity contribution in [3.63, 3.8) is 0 Å². The molecule has 1 aliphatic rings. The SMILES string of the molecule is C=CC1C=CC=CC1(c1ccncc1)c1cc(C)ccc1O. The summed E-state index contributed by atoms with van der Waals surface area (Å²) in [5, 5.41) is 10.5. The zero-order valence-electron chi connectivity index (χ0n) is 12.6. The third-order valence-electron chi connectivity index (χ3n) is 4.32. The van der Waals surface area contributed by atoms with Gasteiger partial charge in [0.15, 0.2) is 0 Å².